The van der Waals surface area contributed by atoms with Crippen molar-refractivity contribution in [1.82, 2.24) is 20.3 Å². The summed E-state index contributed by atoms with van der Waals surface area (Å²) in [5.74, 6) is 2.66. The summed E-state index contributed by atoms with van der Waals surface area (Å²) in [7, 11) is 0. The van der Waals surface area contributed by atoms with Crippen LogP contribution in [0.2, 0.25) is 0 Å². The summed E-state index contributed by atoms with van der Waals surface area (Å²) in [5.41, 5.74) is 1.13. The van der Waals surface area contributed by atoms with E-state index < -0.39 is 0 Å². The van der Waals surface area contributed by atoms with Gasteiger partial charge in [-0.1, -0.05) is 42.9 Å². The Morgan fingerprint density at radius 1 is 1.20 bits per heavy atom. The standard InChI is InChI=1S/C17H20N4O3S/c1-10(2)15-18-16(24-21-15)12(4)25-17-20-19-14(23-17)9-22-13-7-5-6-11(3)8-13/h5-8,10,12H,9H2,1-4H3. The molecular formula is C17H20N4O3S. The number of hydrogen-bond donors (Lipinski definition) is 0. The van der Waals surface area contributed by atoms with Crippen molar-refractivity contribution in [3.63, 3.8) is 0 Å². The molecule has 0 N–H and O–H groups in total. The fourth-order valence-corrected chi connectivity index (χ4v) is 2.77. The molecule has 25 heavy (non-hydrogen) atoms. The van der Waals surface area contributed by atoms with Crippen LogP contribution in [0.1, 0.15) is 55.1 Å². The van der Waals surface area contributed by atoms with E-state index >= 15 is 0 Å². The minimum absolute atomic E-state index is 0.0778. The summed E-state index contributed by atoms with van der Waals surface area (Å²) >= 11 is 1.37. The van der Waals surface area contributed by atoms with Gasteiger partial charge in [0.1, 0.15) is 5.75 Å². The van der Waals surface area contributed by atoms with E-state index in [1.807, 2.05) is 52.0 Å². The molecule has 2 heterocycles. The van der Waals surface area contributed by atoms with Crippen LogP contribution in [0, 0.1) is 6.92 Å². The van der Waals surface area contributed by atoms with Crippen LogP contribution >= 0.6 is 11.8 Å². The molecule has 0 radical (unpaired) electrons. The fourth-order valence-electron chi connectivity index (χ4n) is 2.04. The van der Waals surface area contributed by atoms with Crippen LogP contribution in [0.4, 0.5) is 0 Å². The summed E-state index contributed by atoms with van der Waals surface area (Å²) in [6, 6.07) is 7.80. The number of ether oxygens (including phenoxy) is 1. The lowest BCUT2D eigenvalue weighted by atomic mass is 10.2. The smallest absolute Gasteiger partial charge is 0.277 e. The van der Waals surface area contributed by atoms with Gasteiger partial charge in [-0.25, -0.2) is 0 Å². The van der Waals surface area contributed by atoms with Gasteiger partial charge in [0.2, 0.25) is 5.89 Å². The molecule has 0 amide bonds. The zero-order valence-electron chi connectivity index (χ0n) is 14.6. The Morgan fingerprint density at radius 3 is 2.76 bits per heavy atom. The van der Waals surface area contributed by atoms with Crippen LogP contribution in [0.15, 0.2) is 38.4 Å². The molecule has 8 heteroatoms. The molecular weight excluding hydrogens is 340 g/mol. The van der Waals surface area contributed by atoms with Crippen molar-refractivity contribution < 1.29 is 13.7 Å². The lowest BCUT2D eigenvalue weighted by molar-refractivity contribution is 0.252. The van der Waals surface area contributed by atoms with Crippen LogP contribution in [0.3, 0.4) is 0 Å². The van der Waals surface area contributed by atoms with E-state index in [2.05, 4.69) is 20.3 Å². The van der Waals surface area contributed by atoms with Crippen LogP contribution in [0.25, 0.3) is 0 Å². The number of benzene rings is 1. The molecule has 1 aromatic carbocycles. The van der Waals surface area contributed by atoms with E-state index in [4.69, 9.17) is 13.7 Å². The lowest BCUT2D eigenvalue weighted by Crippen LogP contribution is -1.95. The van der Waals surface area contributed by atoms with Crippen molar-refractivity contribution in [2.75, 3.05) is 0 Å². The molecule has 0 spiro atoms. The number of aryl methyl sites for hydroxylation is 1. The van der Waals surface area contributed by atoms with Crippen molar-refractivity contribution in [1.29, 1.82) is 0 Å². The highest BCUT2D eigenvalue weighted by molar-refractivity contribution is 7.99. The molecule has 3 aromatic rings. The second-order valence-corrected chi connectivity index (χ2v) is 7.26. The van der Waals surface area contributed by atoms with Gasteiger partial charge in [-0.05, 0) is 31.5 Å². The minimum Gasteiger partial charge on any atom is -0.484 e. The van der Waals surface area contributed by atoms with Gasteiger partial charge in [0.05, 0.1) is 5.25 Å². The first-order valence-electron chi connectivity index (χ1n) is 8.03. The van der Waals surface area contributed by atoms with Gasteiger partial charge in [0.15, 0.2) is 12.4 Å². The Labute approximate surface area is 150 Å². The summed E-state index contributed by atoms with van der Waals surface area (Å²) in [5, 5.41) is 12.4. The van der Waals surface area contributed by atoms with Crippen molar-refractivity contribution in [3.05, 3.63) is 47.4 Å². The first kappa shape index (κ1) is 17.5. The quantitative estimate of drug-likeness (QED) is 0.576. The number of hydrogen-bond acceptors (Lipinski definition) is 8. The highest BCUT2D eigenvalue weighted by Crippen LogP contribution is 2.33. The highest BCUT2D eigenvalue weighted by Gasteiger charge is 2.20. The van der Waals surface area contributed by atoms with Crippen LogP contribution in [-0.2, 0) is 6.61 Å². The van der Waals surface area contributed by atoms with Crippen molar-refractivity contribution in [2.24, 2.45) is 0 Å². The molecule has 1 atom stereocenters. The predicted molar refractivity (Wildman–Crippen MR) is 92.5 cm³/mol. The Hall–Kier alpha value is -2.35. The third-order valence-corrected chi connectivity index (χ3v) is 4.32. The molecule has 0 aliphatic rings. The Kier molecular flexibility index (Phi) is 5.37. The normalized spacial score (nSPS) is 12.5. The minimum atomic E-state index is -0.0778. The Morgan fingerprint density at radius 2 is 2.04 bits per heavy atom. The number of rotatable bonds is 7. The van der Waals surface area contributed by atoms with Crippen LogP contribution < -0.4 is 4.74 Å². The summed E-state index contributed by atoms with van der Waals surface area (Å²) in [6.45, 7) is 8.23. The maximum Gasteiger partial charge on any atom is 0.277 e. The highest BCUT2D eigenvalue weighted by atomic mass is 32.2. The molecule has 7 nitrogen and oxygen atoms in total. The molecule has 0 fully saturated rings. The molecule has 0 saturated carbocycles. The van der Waals surface area contributed by atoms with Gasteiger partial charge < -0.3 is 13.7 Å². The van der Waals surface area contributed by atoms with E-state index in [9.17, 15) is 0 Å². The van der Waals surface area contributed by atoms with Gasteiger partial charge >= 0.3 is 0 Å². The van der Waals surface area contributed by atoms with E-state index in [1.165, 1.54) is 11.8 Å². The Balaban J connectivity index is 1.57. The van der Waals surface area contributed by atoms with E-state index in [0.29, 0.717) is 22.8 Å². The molecule has 0 bridgehead atoms. The zero-order chi connectivity index (χ0) is 17.8. The maximum absolute atomic E-state index is 5.66. The van der Waals surface area contributed by atoms with Gasteiger partial charge in [0, 0.05) is 5.92 Å². The van der Waals surface area contributed by atoms with Gasteiger partial charge in [-0.3, -0.25) is 0 Å². The first-order valence-corrected chi connectivity index (χ1v) is 8.91. The number of aromatic nitrogens is 4. The fraction of sp³-hybridized carbons (Fsp3) is 0.412. The van der Waals surface area contributed by atoms with Crippen LogP contribution in [-0.4, -0.2) is 20.3 Å². The van der Waals surface area contributed by atoms with E-state index in [1.54, 1.807) is 0 Å². The van der Waals surface area contributed by atoms with Gasteiger partial charge in [0.25, 0.3) is 11.1 Å². The summed E-state index contributed by atoms with van der Waals surface area (Å²) in [6.07, 6.45) is 0. The molecule has 3 rings (SSSR count). The lowest BCUT2D eigenvalue weighted by Gasteiger charge is -2.03. The van der Waals surface area contributed by atoms with Gasteiger partial charge in [-0.15, -0.1) is 10.2 Å². The molecule has 132 valence electrons. The summed E-state index contributed by atoms with van der Waals surface area (Å²) in [4.78, 5) is 4.38. The maximum atomic E-state index is 5.66. The molecule has 0 saturated heterocycles. The second-order valence-electron chi connectivity index (χ2n) is 5.97. The van der Waals surface area contributed by atoms with Gasteiger partial charge in [-0.2, -0.15) is 4.98 Å². The van der Waals surface area contributed by atoms with Crippen molar-refractivity contribution in [3.8, 4) is 5.75 Å². The van der Waals surface area contributed by atoms with Crippen molar-refractivity contribution >= 4 is 11.8 Å². The second kappa shape index (κ2) is 7.69. The average Bonchev–Trinajstić information content (AvgIpc) is 3.22. The van der Waals surface area contributed by atoms with Crippen LogP contribution in [0.5, 0.6) is 5.75 Å². The van der Waals surface area contributed by atoms with E-state index in [0.717, 1.165) is 11.3 Å². The Bertz CT molecular complexity index is 831. The molecule has 0 aliphatic carbocycles. The summed E-state index contributed by atoms with van der Waals surface area (Å²) < 4.78 is 16.6. The third-order valence-electron chi connectivity index (χ3n) is 3.40. The average molecular weight is 360 g/mol. The predicted octanol–water partition coefficient (Wildman–Crippen LogP) is 4.32. The SMILES string of the molecule is Cc1cccc(OCc2nnc(SC(C)c3nc(C(C)C)no3)o2)c1. The molecule has 0 aliphatic heterocycles. The van der Waals surface area contributed by atoms with E-state index in [-0.39, 0.29) is 17.8 Å². The molecule has 1 unspecified atom stereocenters. The topological polar surface area (TPSA) is 87.1 Å². The van der Waals surface area contributed by atoms with Crippen molar-refractivity contribution in [2.45, 2.75) is 50.7 Å². The first-order chi connectivity index (χ1) is 12.0. The largest absolute Gasteiger partial charge is 0.484 e. The number of thioether (sulfide) groups is 1. The number of nitrogens with zero attached hydrogens (tertiary/aromatic N) is 4. The third kappa shape index (κ3) is 4.60. The zero-order valence-corrected chi connectivity index (χ0v) is 15.4. The monoisotopic (exact) mass is 360 g/mol. The molecule has 2 aromatic heterocycles.